The number of carbonyl (C=O) groups is 2. The van der Waals surface area contributed by atoms with Gasteiger partial charge in [0.1, 0.15) is 6.29 Å². The van der Waals surface area contributed by atoms with E-state index in [1.54, 1.807) is 0 Å². The maximum Gasteiger partial charge on any atom is 0.223 e. The van der Waals surface area contributed by atoms with Crippen LogP contribution in [-0.4, -0.2) is 36.2 Å². The number of nitrogens with zero attached hydrogens (tertiary/aromatic N) is 1. The standard InChI is InChI=1S/C16H22N2O2/c17-15-6-8-18(9-7-15)16(20)11-14(12-19)10-13-4-2-1-3-5-13/h1-5,12,14-15H,6-11,17H2/t14-/m1/s1. The van der Waals surface area contributed by atoms with E-state index in [2.05, 4.69) is 0 Å². The molecule has 1 atom stereocenters. The first-order chi connectivity index (χ1) is 9.69. The molecule has 0 radical (unpaired) electrons. The average molecular weight is 274 g/mol. The Balaban J connectivity index is 1.86. The van der Waals surface area contributed by atoms with Gasteiger partial charge in [0.25, 0.3) is 0 Å². The minimum absolute atomic E-state index is 0.0740. The van der Waals surface area contributed by atoms with E-state index in [1.807, 2.05) is 35.2 Å². The van der Waals surface area contributed by atoms with Crippen molar-refractivity contribution in [3.63, 3.8) is 0 Å². The zero-order valence-corrected chi connectivity index (χ0v) is 11.7. The molecule has 1 saturated heterocycles. The van der Waals surface area contributed by atoms with Gasteiger partial charge in [-0.25, -0.2) is 0 Å². The summed E-state index contributed by atoms with van der Waals surface area (Å²) < 4.78 is 0. The molecule has 0 aromatic heterocycles. The average Bonchev–Trinajstić information content (AvgIpc) is 2.48. The number of likely N-dealkylation sites (tertiary alicyclic amines) is 1. The zero-order valence-electron chi connectivity index (χ0n) is 11.7. The minimum atomic E-state index is -0.236. The van der Waals surface area contributed by atoms with E-state index < -0.39 is 0 Å². The Labute approximate surface area is 119 Å². The van der Waals surface area contributed by atoms with Gasteiger partial charge in [0.2, 0.25) is 5.91 Å². The van der Waals surface area contributed by atoms with Crippen LogP contribution in [0.1, 0.15) is 24.8 Å². The normalized spacial score (nSPS) is 17.8. The molecule has 2 N–H and O–H groups in total. The van der Waals surface area contributed by atoms with Crippen molar-refractivity contribution < 1.29 is 9.59 Å². The molecule has 1 aromatic carbocycles. The molecule has 2 rings (SSSR count). The maximum absolute atomic E-state index is 12.2. The van der Waals surface area contributed by atoms with Gasteiger partial charge in [0.05, 0.1) is 0 Å². The molecule has 1 fully saturated rings. The molecule has 4 nitrogen and oxygen atoms in total. The zero-order chi connectivity index (χ0) is 14.4. The van der Waals surface area contributed by atoms with Gasteiger partial charge in [-0.2, -0.15) is 0 Å². The first kappa shape index (κ1) is 14.7. The molecule has 108 valence electrons. The molecule has 1 aliphatic rings. The van der Waals surface area contributed by atoms with Gasteiger partial charge in [-0.05, 0) is 24.8 Å². The van der Waals surface area contributed by atoms with Crippen LogP contribution in [0.4, 0.5) is 0 Å². The largest absolute Gasteiger partial charge is 0.343 e. The van der Waals surface area contributed by atoms with Crippen LogP contribution in [0.25, 0.3) is 0 Å². The van der Waals surface area contributed by atoms with E-state index in [-0.39, 0.29) is 17.9 Å². The highest BCUT2D eigenvalue weighted by Gasteiger charge is 2.23. The Morgan fingerprint density at radius 1 is 1.30 bits per heavy atom. The topological polar surface area (TPSA) is 63.4 Å². The Morgan fingerprint density at radius 2 is 1.95 bits per heavy atom. The molecular weight excluding hydrogens is 252 g/mol. The Bertz CT molecular complexity index is 439. The van der Waals surface area contributed by atoms with Crippen molar-refractivity contribution in [2.45, 2.75) is 31.7 Å². The number of hydrogen-bond donors (Lipinski definition) is 1. The van der Waals surface area contributed by atoms with Gasteiger partial charge < -0.3 is 15.4 Å². The lowest BCUT2D eigenvalue weighted by atomic mass is 9.96. The minimum Gasteiger partial charge on any atom is -0.343 e. The van der Waals surface area contributed by atoms with E-state index in [4.69, 9.17) is 5.73 Å². The number of hydrogen-bond acceptors (Lipinski definition) is 3. The second-order valence-electron chi connectivity index (χ2n) is 5.51. The molecule has 1 aromatic rings. The monoisotopic (exact) mass is 274 g/mol. The van der Waals surface area contributed by atoms with E-state index >= 15 is 0 Å². The summed E-state index contributed by atoms with van der Waals surface area (Å²) in [6.45, 7) is 1.44. The highest BCUT2D eigenvalue weighted by atomic mass is 16.2. The van der Waals surface area contributed by atoms with Crippen molar-refractivity contribution in [1.29, 1.82) is 0 Å². The summed E-state index contributed by atoms with van der Waals surface area (Å²) in [5.41, 5.74) is 6.93. The molecule has 0 spiro atoms. The predicted octanol–water partition coefficient (Wildman–Crippen LogP) is 1.38. The molecule has 1 amide bonds. The van der Waals surface area contributed by atoms with Gasteiger partial charge in [0.15, 0.2) is 0 Å². The summed E-state index contributed by atoms with van der Waals surface area (Å²) >= 11 is 0. The van der Waals surface area contributed by atoms with Gasteiger partial charge in [-0.15, -0.1) is 0 Å². The Hall–Kier alpha value is -1.68. The maximum atomic E-state index is 12.2. The number of nitrogens with two attached hydrogens (primary N) is 1. The van der Waals surface area contributed by atoms with Crippen LogP contribution in [0, 0.1) is 5.92 Å². The van der Waals surface area contributed by atoms with Crippen LogP contribution in [0.3, 0.4) is 0 Å². The summed E-state index contributed by atoms with van der Waals surface area (Å²) in [6, 6.07) is 10.0. The van der Waals surface area contributed by atoms with Crippen LogP contribution in [0.5, 0.6) is 0 Å². The number of aldehydes is 1. The third-order valence-electron chi connectivity index (χ3n) is 3.86. The van der Waals surface area contributed by atoms with Crippen molar-refractivity contribution in [1.82, 2.24) is 4.90 Å². The second-order valence-corrected chi connectivity index (χ2v) is 5.51. The summed E-state index contributed by atoms with van der Waals surface area (Å²) in [5, 5.41) is 0. The predicted molar refractivity (Wildman–Crippen MR) is 78.1 cm³/mol. The summed E-state index contributed by atoms with van der Waals surface area (Å²) in [4.78, 5) is 25.2. The smallest absolute Gasteiger partial charge is 0.223 e. The fraction of sp³-hybridized carbons (Fsp3) is 0.500. The molecular formula is C16H22N2O2. The molecule has 0 aliphatic carbocycles. The van der Waals surface area contributed by atoms with E-state index in [1.165, 1.54) is 0 Å². The molecule has 4 heteroatoms. The summed E-state index contributed by atoms with van der Waals surface area (Å²) in [6.07, 6.45) is 3.55. The van der Waals surface area contributed by atoms with Crippen molar-refractivity contribution in [3.05, 3.63) is 35.9 Å². The van der Waals surface area contributed by atoms with Gasteiger partial charge >= 0.3 is 0 Å². The second kappa shape index (κ2) is 7.20. The number of carbonyl (C=O) groups excluding carboxylic acids is 2. The SMILES string of the molecule is NC1CCN(C(=O)C[C@H](C=O)Cc2ccccc2)CC1. The van der Waals surface area contributed by atoms with Crippen LogP contribution < -0.4 is 5.73 Å². The fourth-order valence-electron chi connectivity index (χ4n) is 2.59. The lowest BCUT2D eigenvalue weighted by molar-refractivity contribution is -0.134. The molecule has 1 aliphatic heterocycles. The highest BCUT2D eigenvalue weighted by molar-refractivity contribution is 5.79. The molecule has 0 unspecified atom stereocenters. The lowest BCUT2D eigenvalue weighted by Gasteiger charge is -2.30. The van der Waals surface area contributed by atoms with E-state index in [9.17, 15) is 9.59 Å². The lowest BCUT2D eigenvalue weighted by Crippen LogP contribution is -2.43. The number of amides is 1. The van der Waals surface area contributed by atoms with E-state index in [0.717, 1.165) is 37.8 Å². The molecule has 1 heterocycles. The molecule has 0 saturated carbocycles. The van der Waals surface area contributed by atoms with Crippen LogP contribution in [-0.2, 0) is 16.0 Å². The molecule has 0 bridgehead atoms. The van der Waals surface area contributed by atoms with Crippen LogP contribution in [0.15, 0.2) is 30.3 Å². The number of rotatable bonds is 5. The van der Waals surface area contributed by atoms with Gasteiger partial charge in [-0.3, -0.25) is 4.79 Å². The fourth-order valence-corrected chi connectivity index (χ4v) is 2.59. The molecule has 20 heavy (non-hydrogen) atoms. The van der Waals surface area contributed by atoms with E-state index in [0.29, 0.717) is 12.8 Å². The van der Waals surface area contributed by atoms with Crippen LogP contribution >= 0.6 is 0 Å². The highest BCUT2D eigenvalue weighted by Crippen LogP contribution is 2.15. The van der Waals surface area contributed by atoms with Crippen molar-refractivity contribution in [2.24, 2.45) is 11.7 Å². The summed E-state index contributed by atoms with van der Waals surface area (Å²) in [5.74, 6) is -0.162. The third kappa shape index (κ3) is 4.17. The first-order valence-electron chi connectivity index (χ1n) is 7.21. The van der Waals surface area contributed by atoms with Gasteiger partial charge in [-0.1, -0.05) is 30.3 Å². The Kier molecular flexibility index (Phi) is 5.30. The number of piperidine rings is 1. The van der Waals surface area contributed by atoms with Crippen LogP contribution in [0.2, 0.25) is 0 Å². The third-order valence-corrected chi connectivity index (χ3v) is 3.86. The number of benzene rings is 1. The summed E-state index contributed by atoms with van der Waals surface area (Å²) in [7, 11) is 0. The quantitative estimate of drug-likeness (QED) is 0.825. The Morgan fingerprint density at radius 3 is 2.55 bits per heavy atom. The van der Waals surface area contributed by atoms with Crippen molar-refractivity contribution in [3.8, 4) is 0 Å². The van der Waals surface area contributed by atoms with Gasteiger partial charge in [0, 0.05) is 31.5 Å². The van der Waals surface area contributed by atoms with Crippen molar-refractivity contribution >= 4 is 12.2 Å². The first-order valence-corrected chi connectivity index (χ1v) is 7.21. The van der Waals surface area contributed by atoms with Crippen molar-refractivity contribution in [2.75, 3.05) is 13.1 Å².